The van der Waals surface area contributed by atoms with E-state index in [9.17, 15) is 0 Å². The van der Waals surface area contributed by atoms with E-state index >= 15 is 0 Å². The number of nitrogens with zero attached hydrogens (tertiary/aromatic N) is 1. The topological polar surface area (TPSA) is 24.5 Å². The normalized spacial score (nSPS) is 21.9. The highest BCUT2D eigenvalue weighted by Gasteiger charge is 2.26. The first-order chi connectivity index (χ1) is 18.7. The molecule has 2 rings (SSSR count). The Balaban J connectivity index is 2.40. The summed E-state index contributed by atoms with van der Waals surface area (Å²) in [5.41, 5.74) is 8.20. The van der Waals surface area contributed by atoms with Crippen molar-refractivity contribution in [3.05, 3.63) is 94.1 Å². The van der Waals surface area contributed by atoms with Crippen LogP contribution < -0.4 is 5.32 Å². The molecule has 1 N–H and O–H groups in total. The summed E-state index contributed by atoms with van der Waals surface area (Å²) in [4.78, 5) is 2.45. The van der Waals surface area contributed by atoms with E-state index in [1.807, 2.05) is 0 Å². The van der Waals surface area contributed by atoms with Gasteiger partial charge in [-0.25, -0.2) is 0 Å². The van der Waals surface area contributed by atoms with Gasteiger partial charge in [0.25, 0.3) is 0 Å². The Morgan fingerprint density at radius 3 is 2.36 bits per heavy atom. The SMILES string of the molecule is C\C=C/C(=C\C(=C\CC)C1CC1)C(/C=C1/C(N/C(C)=C/C=C\C(=C\CC)OC(C)C)CCCN1C)=C(C)CC. The third-order valence-corrected chi connectivity index (χ3v) is 7.32. The monoisotopic (exact) mass is 532 g/mol. The van der Waals surface area contributed by atoms with Crippen LogP contribution in [-0.4, -0.2) is 30.6 Å². The Bertz CT molecular complexity index is 1020. The van der Waals surface area contributed by atoms with Crippen molar-refractivity contribution in [2.45, 2.75) is 112 Å². The van der Waals surface area contributed by atoms with E-state index in [0.29, 0.717) is 0 Å². The average Bonchev–Trinajstić information content (AvgIpc) is 3.73. The van der Waals surface area contributed by atoms with E-state index in [-0.39, 0.29) is 12.1 Å². The van der Waals surface area contributed by atoms with Crippen LogP contribution in [0.1, 0.15) is 100 Å². The summed E-state index contributed by atoms with van der Waals surface area (Å²) in [5.74, 6) is 1.68. The largest absolute Gasteiger partial charge is 0.491 e. The molecule has 0 aromatic heterocycles. The quantitative estimate of drug-likeness (QED) is 0.178. The van der Waals surface area contributed by atoms with Crippen molar-refractivity contribution in [1.29, 1.82) is 0 Å². The van der Waals surface area contributed by atoms with Gasteiger partial charge in [-0.2, -0.15) is 0 Å². The van der Waals surface area contributed by atoms with Gasteiger partial charge in [-0.1, -0.05) is 56.7 Å². The highest BCUT2D eigenvalue weighted by molar-refractivity contribution is 5.53. The van der Waals surface area contributed by atoms with Gasteiger partial charge in [0.15, 0.2) is 0 Å². The molecular weight excluding hydrogens is 476 g/mol. The highest BCUT2D eigenvalue weighted by atomic mass is 16.5. The molecule has 0 bridgehead atoms. The van der Waals surface area contributed by atoms with E-state index in [4.69, 9.17) is 4.74 Å². The second-order valence-electron chi connectivity index (χ2n) is 11.3. The third-order valence-electron chi connectivity index (χ3n) is 7.32. The molecular formula is C36H56N2O. The summed E-state index contributed by atoms with van der Waals surface area (Å²) in [5, 5.41) is 3.84. The van der Waals surface area contributed by atoms with Crippen molar-refractivity contribution in [3.8, 4) is 0 Å². The number of ether oxygens (including phenoxy) is 1. The number of likely N-dealkylation sites (tertiary alicyclic amines) is 1. The number of rotatable bonds is 14. The van der Waals surface area contributed by atoms with Crippen molar-refractivity contribution in [1.82, 2.24) is 10.2 Å². The molecule has 3 nitrogen and oxygen atoms in total. The third kappa shape index (κ3) is 11.1. The molecule has 1 heterocycles. The summed E-state index contributed by atoms with van der Waals surface area (Å²) in [6, 6.07) is 0.284. The van der Waals surface area contributed by atoms with Crippen molar-refractivity contribution < 1.29 is 4.74 Å². The lowest BCUT2D eigenvalue weighted by Gasteiger charge is -2.36. The number of likely N-dealkylation sites (N-methyl/N-ethyl adjacent to an activating group) is 1. The number of allylic oxidation sites excluding steroid dienone is 14. The molecule has 39 heavy (non-hydrogen) atoms. The van der Waals surface area contributed by atoms with Crippen LogP contribution in [0.5, 0.6) is 0 Å². The number of nitrogens with one attached hydrogen (secondary N) is 1. The molecule has 0 amide bonds. The summed E-state index contributed by atoms with van der Waals surface area (Å²) in [6.07, 6.45) is 28.6. The predicted octanol–water partition coefficient (Wildman–Crippen LogP) is 9.71. The zero-order valence-electron chi connectivity index (χ0n) is 26.4. The lowest BCUT2D eigenvalue weighted by Crippen LogP contribution is -2.41. The highest BCUT2D eigenvalue weighted by Crippen LogP contribution is 2.39. The minimum absolute atomic E-state index is 0.175. The summed E-state index contributed by atoms with van der Waals surface area (Å²) >= 11 is 0. The maximum Gasteiger partial charge on any atom is 0.115 e. The van der Waals surface area contributed by atoms with Gasteiger partial charge in [-0.15, -0.1) is 0 Å². The van der Waals surface area contributed by atoms with Crippen LogP contribution in [0.2, 0.25) is 0 Å². The van der Waals surface area contributed by atoms with Crippen LogP contribution in [0.15, 0.2) is 94.1 Å². The minimum Gasteiger partial charge on any atom is -0.491 e. The second kappa shape index (κ2) is 17.1. The smallest absolute Gasteiger partial charge is 0.115 e. The number of hydrogen-bond donors (Lipinski definition) is 1. The van der Waals surface area contributed by atoms with E-state index in [0.717, 1.165) is 43.9 Å². The summed E-state index contributed by atoms with van der Waals surface area (Å²) in [6.45, 7) is 18.5. The Kier molecular flexibility index (Phi) is 14.3. The van der Waals surface area contributed by atoms with Gasteiger partial charge in [0, 0.05) is 25.0 Å². The van der Waals surface area contributed by atoms with E-state index in [2.05, 4.69) is 127 Å². The zero-order chi connectivity index (χ0) is 28.8. The molecule has 1 unspecified atom stereocenters. The molecule has 1 aliphatic carbocycles. The Labute approximate surface area is 240 Å². The Hall–Kier alpha value is -2.68. The molecule has 0 aromatic carbocycles. The Morgan fingerprint density at radius 1 is 1.05 bits per heavy atom. The van der Waals surface area contributed by atoms with Gasteiger partial charge < -0.3 is 15.0 Å². The van der Waals surface area contributed by atoms with E-state index in [1.165, 1.54) is 52.9 Å². The second-order valence-corrected chi connectivity index (χ2v) is 11.3. The molecule has 0 aromatic rings. The average molecular weight is 533 g/mol. The van der Waals surface area contributed by atoms with Crippen molar-refractivity contribution >= 4 is 0 Å². The van der Waals surface area contributed by atoms with Crippen LogP contribution in [0, 0.1) is 5.92 Å². The van der Waals surface area contributed by atoms with Gasteiger partial charge in [0.1, 0.15) is 5.76 Å². The van der Waals surface area contributed by atoms with Gasteiger partial charge in [0.05, 0.1) is 12.1 Å². The first kappa shape index (κ1) is 32.5. The minimum atomic E-state index is 0.175. The Morgan fingerprint density at radius 2 is 1.77 bits per heavy atom. The summed E-state index contributed by atoms with van der Waals surface area (Å²) < 4.78 is 5.92. The maximum absolute atomic E-state index is 5.92. The fourth-order valence-electron chi connectivity index (χ4n) is 5.03. The van der Waals surface area contributed by atoms with Gasteiger partial charge in [-0.05, 0) is 127 Å². The lowest BCUT2D eigenvalue weighted by molar-refractivity contribution is 0.157. The predicted molar refractivity (Wildman–Crippen MR) is 171 cm³/mol. The van der Waals surface area contributed by atoms with Crippen molar-refractivity contribution in [2.24, 2.45) is 5.92 Å². The first-order valence-corrected chi connectivity index (χ1v) is 15.4. The fourth-order valence-corrected chi connectivity index (χ4v) is 5.03. The van der Waals surface area contributed by atoms with Crippen LogP contribution in [0.4, 0.5) is 0 Å². The zero-order valence-corrected chi connectivity index (χ0v) is 26.4. The number of piperidine rings is 1. The van der Waals surface area contributed by atoms with Gasteiger partial charge in [0.2, 0.25) is 0 Å². The molecule has 0 radical (unpaired) electrons. The molecule has 2 fully saturated rings. The molecule has 2 aliphatic rings. The molecule has 0 spiro atoms. The van der Waals surface area contributed by atoms with Crippen LogP contribution >= 0.6 is 0 Å². The summed E-state index contributed by atoms with van der Waals surface area (Å²) in [7, 11) is 2.24. The van der Waals surface area contributed by atoms with Crippen molar-refractivity contribution in [3.63, 3.8) is 0 Å². The molecule has 1 aliphatic heterocycles. The van der Waals surface area contributed by atoms with Crippen LogP contribution in [0.3, 0.4) is 0 Å². The van der Waals surface area contributed by atoms with Crippen molar-refractivity contribution in [2.75, 3.05) is 13.6 Å². The molecule has 1 saturated carbocycles. The number of hydrogen-bond acceptors (Lipinski definition) is 3. The van der Waals surface area contributed by atoms with Gasteiger partial charge >= 0.3 is 0 Å². The maximum atomic E-state index is 5.92. The van der Waals surface area contributed by atoms with E-state index in [1.54, 1.807) is 0 Å². The van der Waals surface area contributed by atoms with Gasteiger partial charge in [-0.3, -0.25) is 0 Å². The molecule has 216 valence electrons. The van der Waals surface area contributed by atoms with Crippen LogP contribution in [-0.2, 0) is 4.74 Å². The molecule has 1 saturated heterocycles. The molecule has 1 atom stereocenters. The standard InChI is InChI=1S/C36H56N2O/c1-10-16-31(30-22-23-30)25-32(17-11-2)34(28(7)13-4)26-36-35(21-15-24-38(36)9)37-29(8)19-14-20-33(18-12-3)39-27(5)6/h11,14,16-20,25-27,30,35,37H,10,12-13,15,21-24H2,1-9H3/b17-11-,20-14-,29-19+,31-16-,32-25+,33-18-,34-28?,36-26-. The lowest BCUT2D eigenvalue weighted by atomic mass is 9.91. The first-order valence-electron chi connectivity index (χ1n) is 15.4. The van der Waals surface area contributed by atoms with E-state index < -0.39 is 0 Å². The molecule has 3 heteroatoms. The fraction of sp³-hybridized carbons (Fsp3) is 0.556. The van der Waals surface area contributed by atoms with Crippen LogP contribution in [0.25, 0.3) is 0 Å².